The first-order valence-electron chi connectivity index (χ1n) is 2.81. The first-order chi connectivity index (χ1) is 4.25. The molecule has 0 radical (unpaired) electrons. The molecule has 0 aliphatic rings. The number of aryl methyl sites for hydroxylation is 1. The van der Waals surface area contributed by atoms with Gasteiger partial charge in [-0.05, 0) is 19.9 Å². The van der Waals surface area contributed by atoms with Gasteiger partial charge in [0.05, 0.1) is 5.69 Å². The fourth-order valence-electron chi connectivity index (χ4n) is 0.623. The maximum absolute atomic E-state index is 4.88. The van der Waals surface area contributed by atoms with Crippen molar-refractivity contribution in [3.05, 3.63) is 23.6 Å². The van der Waals surface area contributed by atoms with E-state index in [9.17, 15) is 0 Å². The van der Waals surface area contributed by atoms with E-state index in [1.54, 1.807) is 6.08 Å². The van der Waals surface area contributed by atoms with E-state index in [1.165, 1.54) is 0 Å². The molecule has 0 aliphatic heterocycles. The molecule has 0 spiro atoms. The van der Waals surface area contributed by atoms with Gasteiger partial charge in [-0.15, -0.1) is 0 Å². The van der Waals surface area contributed by atoms with E-state index in [-0.39, 0.29) is 0 Å². The van der Waals surface area contributed by atoms with Crippen LogP contribution in [0.2, 0.25) is 0 Å². The third-order valence-corrected chi connectivity index (χ3v) is 1.38. The van der Waals surface area contributed by atoms with Crippen LogP contribution in [0.4, 0.5) is 0 Å². The van der Waals surface area contributed by atoms with Crippen molar-refractivity contribution < 1.29 is 4.52 Å². The molecule has 2 heteroatoms. The molecule has 0 unspecified atom stereocenters. The van der Waals surface area contributed by atoms with Gasteiger partial charge >= 0.3 is 0 Å². The summed E-state index contributed by atoms with van der Waals surface area (Å²) in [5, 5.41) is 3.74. The normalized spacial score (nSPS) is 9.56. The predicted octanol–water partition coefficient (Wildman–Crippen LogP) is 1.93. The molecule has 0 aliphatic carbocycles. The zero-order chi connectivity index (χ0) is 6.85. The van der Waals surface area contributed by atoms with Crippen molar-refractivity contribution in [2.45, 2.75) is 13.8 Å². The Morgan fingerprint density at radius 2 is 2.22 bits per heavy atom. The van der Waals surface area contributed by atoms with Crippen LogP contribution < -0.4 is 0 Å². The fraction of sp³-hybridized carbons (Fsp3) is 0.286. The lowest BCUT2D eigenvalue weighted by atomic mass is 10.2. The summed E-state index contributed by atoms with van der Waals surface area (Å²) in [6, 6.07) is 0. The smallest absolute Gasteiger partial charge is 0.162 e. The SMILES string of the molecule is C=Cc1onc(C)c1C. The molecule has 0 atom stereocenters. The van der Waals surface area contributed by atoms with Gasteiger partial charge in [-0.25, -0.2) is 0 Å². The van der Waals surface area contributed by atoms with Crippen LogP contribution in [0.25, 0.3) is 6.08 Å². The molecule has 48 valence electrons. The molecular weight excluding hydrogens is 114 g/mol. The van der Waals surface area contributed by atoms with Crippen LogP contribution in [0.5, 0.6) is 0 Å². The molecule has 1 rings (SSSR count). The van der Waals surface area contributed by atoms with Gasteiger partial charge in [0, 0.05) is 5.56 Å². The van der Waals surface area contributed by atoms with Gasteiger partial charge in [0.25, 0.3) is 0 Å². The summed E-state index contributed by atoms with van der Waals surface area (Å²) in [6.45, 7) is 7.44. The zero-order valence-electron chi connectivity index (χ0n) is 5.64. The molecule has 0 fully saturated rings. The van der Waals surface area contributed by atoms with Crippen molar-refractivity contribution in [2.75, 3.05) is 0 Å². The van der Waals surface area contributed by atoms with Crippen molar-refractivity contribution >= 4 is 6.08 Å². The third kappa shape index (κ3) is 0.875. The second-order valence-corrected chi connectivity index (χ2v) is 1.96. The quantitative estimate of drug-likeness (QED) is 0.570. The van der Waals surface area contributed by atoms with Gasteiger partial charge in [0.2, 0.25) is 0 Å². The van der Waals surface area contributed by atoms with E-state index < -0.39 is 0 Å². The zero-order valence-corrected chi connectivity index (χ0v) is 5.64. The van der Waals surface area contributed by atoms with E-state index in [2.05, 4.69) is 11.7 Å². The predicted molar refractivity (Wildman–Crippen MR) is 36.1 cm³/mol. The first kappa shape index (κ1) is 6.08. The van der Waals surface area contributed by atoms with Crippen LogP contribution in [0.1, 0.15) is 17.0 Å². The molecule has 0 N–H and O–H groups in total. The molecule has 0 aromatic carbocycles. The highest BCUT2D eigenvalue weighted by molar-refractivity contribution is 5.45. The van der Waals surface area contributed by atoms with E-state index >= 15 is 0 Å². The summed E-state index contributed by atoms with van der Waals surface area (Å²) < 4.78 is 4.88. The molecule has 0 saturated carbocycles. The minimum Gasteiger partial charge on any atom is -0.356 e. The van der Waals surface area contributed by atoms with Gasteiger partial charge in [-0.3, -0.25) is 0 Å². The average Bonchev–Trinajstić information content (AvgIpc) is 2.15. The van der Waals surface area contributed by atoms with Crippen LogP contribution >= 0.6 is 0 Å². The number of hydrogen-bond donors (Lipinski definition) is 0. The molecule has 1 aromatic rings. The first-order valence-corrected chi connectivity index (χ1v) is 2.81. The summed E-state index contributed by atoms with van der Waals surface area (Å²) in [5.74, 6) is 0.771. The summed E-state index contributed by atoms with van der Waals surface area (Å²) in [7, 11) is 0. The Hall–Kier alpha value is -1.05. The highest BCUT2D eigenvalue weighted by Gasteiger charge is 2.01. The fourth-order valence-corrected chi connectivity index (χ4v) is 0.623. The Bertz CT molecular complexity index is 225. The van der Waals surface area contributed by atoms with Gasteiger partial charge < -0.3 is 4.52 Å². The minimum atomic E-state index is 0.771. The summed E-state index contributed by atoms with van der Waals surface area (Å²) >= 11 is 0. The molecule has 9 heavy (non-hydrogen) atoms. The van der Waals surface area contributed by atoms with Crippen molar-refractivity contribution in [1.82, 2.24) is 5.16 Å². The molecule has 0 bridgehead atoms. The van der Waals surface area contributed by atoms with Crippen LogP contribution in [0, 0.1) is 13.8 Å². The Labute approximate surface area is 54.2 Å². The number of hydrogen-bond acceptors (Lipinski definition) is 2. The number of nitrogens with zero attached hydrogens (tertiary/aromatic N) is 1. The van der Waals surface area contributed by atoms with Gasteiger partial charge in [-0.1, -0.05) is 11.7 Å². The van der Waals surface area contributed by atoms with Crippen LogP contribution in [-0.2, 0) is 0 Å². The van der Waals surface area contributed by atoms with E-state index in [0.717, 1.165) is 17.0 Å². The lowest BCUT2D eigenvalue weighted by Crippen LogP contribution is -1.73. The standard InChI is InChI=1S/C7H9NO/c1-4-7-5(2)6(3)8-9-7/h4H,1H2,2-3H3. The highest BCUT2D eigenvalue weighted by atomic mass is 16.5. The molecule has 1 aromatic heterocycles. The van der Waals surface area contributed by atoms with Crippen LogP contribution in [0.15, 0.2) is 11.1 Å². The second-order valence-electron chi connectivity index (χ2n) is 1.96. The highest BCUT2D eigenvalue weighted by Crippen LogP contribution is 2.11. The number of aromatic nitrogens is 1. The van der Waals surface area contributed by atoms with E-state index in [1.807, 2.05) is 13.8 Å². The molecular formula is C7H9NO. The molecule has 1 heterocycles. The van der Waals surface area contributed by atoms with E-state index in [0.29, 0.717) is 0 Å². The summed E-state index contributed by atoms with van der Waals surface area (Å²) in [6.07, 6.45) is 1.66. The summed E-state index contributed by atoms with van der Waals surface area (Å²) in [5.41, 5.74) is 2.01. The lowest BCUT2D eigenvalue weighted by molar-refractivity contribution is 0.408. The topological polar surface area (TPSA) is 26.0 Å². The third-order valence-electron chi connectivity index (χ3n) is 1.38. The van der Waals surface area contributed by atoms with Crippen molar-refractivity contribution in [1.29, 1.82) is 0 Å². The Kier molecular flexibility index (Phi) is 1.39. The monoisotopic (exact) mass is 123 g/mol. The Morgan fingerprint density at radius 1 is 1.56 bits per heavy atom. The second kappa shape index (κ2) is 2.05. The maximum atomic E-state index is 4.88. The van der Waals surface area contributed by atoms with Crippen molar-refractivity contribution in [3.8, 4) is 0 Å². The molecule has 0 saturated heterocycles. The van der Waals surface area contributed by atoms with Crippen molar-refractivity contribution in [2.24, 2.45) is 0 Å². The van der Waals surface area contributed by atoms with E-state index in [4.69, 9.17) is 4.52 Å². The van der Waals surface area contributed by atoms with Gasteiger partial charge in [-0.2, -0.15) is 0 Å². The number of rotatable bonds is 1. The molecule has 0 amide bonds. The van der Waals surface area contributed by atoms with Crippen molar-refractivity contribution in [3.63, 3.8) is 0 Å². The largest absolute Gasteiger partial charge is 0.356 e. The van der Waals surface area contributed by atoms with Gasteiger partial charge in [0.1, 0.15) is 0 Å². The lowest BCUT2D eigenvalue weighted by Gasteiger charge is -1.82. The van der Waals surface area contributed by atoms with Crippen LogP contribution in [-0.4, -0.2) is 5.16 Å². The van der Waals surface area contributed by atoms with Crippen LogP contribution in [0.3, 0.4) is 0 Å². The van der Waals surface area contributed by atoms with Gasteiger partial charge in [0.15, 0.2) is 5.76 Å². The Morgan fingerprint density at radius 3 is 2.44 bits per heavy atom. The average molecular weight is 123 g/mol. The summed E-state index contributed by atoms with van der Waals surface area (Å²) in [4.78, 5) is 0. The maximum Gasteiger partial charge on any atom is 0.162 e. The minimum absolute atomic E-state index is 0.771. The molecule has 2 nitrogen and oxygen atoms in total. The Balaban J connectivity index is 3.18.